The zero-order valence-electron chi connectivity index (χ0n) is 21.1. The summed E-state index contributed by atoms with van der Waals surface area (Å²) in [5, 5.41) is 6.07. The largest absolute Gasteiger partial charge is 0.309 e. The first-order valence-electron chi connectivity index (χ1n) is 13.2. The van der Waals surface area contributed by atoms with E-state index in [1.165, 1.54) is 32.6 Å². The number of aromatic nitrogens is 3. The minimum atomic E-state index is 0.728. The third-order valence-corrected chi connectivity index (χ3v) is 7.59. The molecule has 8 rings (SSSR count). The van der Waals surface area contributed by atoms with Gasteiger partial charge in [-0.05, 0) is 41.8 Å². The lowest BCUT2D eigenvalue weighted by atomic mass is 10.1. The molecule has 0 radical (unpaired) electrons. The van der Waals surface area contributed by atoms with Crippen LogP contribution >= 0.6 is 0 Å². The van der Waals surface area contributed by atoms with Crippen LogP contribution in [0.5, 0.6) is 0 Å². The number of nitrogens with zero attached hydrogens (tertiary/aromatic N) is 3. The maximum Gasteiger partial charge on any atom is 0.160 e. The third kappa shape index (κ3) is 3.44. The molecule has 0 aliphatic heterocycles. The van der Waals surface area contributed by atoms with Crippen LogP contribution in [0, 0.1) is 0 Å². The zero-order chi connectivity index (χ0) is 25.8. The molecule has 2 heterocycles. The van der Waals surface area contributed by atoms with Gasteiger partial charge < -0.3 is 4.57 Å². The molecular weight excluding hydrogens is 474 g/mol. The van der Waals surface area contributed by atoms with Crippen LogP contribution in [0.2, 0.25) is 0 Å². The Hall–Kier alpha value is -5.28. The minimum absolute atomic E-state index is 0.728. The van der Waals surface area contributed by atoms with Crippen molar-refractivity contribution in [2.24, 2.45) is 0 Å². The van der Waals surface area contributed by atoms with Crippen LogP contribution in [-0.2, 0) is 0 Å². The molecule has 3 nitrogen and oxygen atoms in total. The molecule has 0 aliphatic rings. The predicted molar refractivity (Wildman–Crippen MR) is 162 cm³/mol. The second-order valence-electron chi connectivity index (χ2n) is 9.86. The highest BCUT2D eigenvalue weighted by Crippen LogP contribution is 2.37. The van der Waals surface area contributed by atoms with E-state index in [4.69, 9.17) is 9.97 Å². The molecule has 2 aromatic heterocycles. The molecule has 0 amide bonds. The highest BCUT2D eigenvalue weighted by molar-refractivity contribution is 6.18. The average molecular weight is 498 g/mol. The Bertz CT molecular complexity index is 2160. The van der Waals surface area contributed by atoms with E-state index < -0.39 is 0 Å². The third-order valence-electron chi connectivity index (χ3n) is 7.59. The van der Waals surface area contributed by atoms with Crippen LogP contribution in [0.1, 0.15) is 0 Å². The molecule has 0 aliphatic carbocycles. The second-order valence-corrected chi connectivity index (χ2v) is 9.86. The van der Waals surface area contributed by atoms with Gasteiger partial charge in [0.05, 0.1) is 22.2 Å². The van der Waals surface area contributed by atoms with E-state index in [0.29, 0.717) is 0 Å². The SMILES string of the molecule is c1ccc(-c2nc(-c3ccc(-n4c5ccccc5c5ccc6ccccc6c54)cc3)nc3ccccc23)cc1. The fraction of sp³-hybridized carbons (Fsp3) is 0. The fourth-order valence-electron chi connectivity index (χ4n) is 5.78. The van der Waals surface area contributed by atoms with Crippen LogP contribution in [0.3, 0.4) is 0 Å². The summed E-state index contributed by atoms with van der Waals surface area (Å²) in [5.41, 5.74) is 7.53. The minimum Gasteiger partial charge on any atom is -0.309 e. The normalized spacial score (nSPS) is 11.6. The molecule has 0 spiro atoms. The van der Waals surface area contributed by atoms with Crippen molar-refractivity contribution in [3.63, 3.8) is 0 Å². The van der Waals surface area contributed by atoms with Crippen LogP contribution in [0.25, 0.3) is 71.8 Å². The first-order chi connectivity index (χ1) is 19.3. The van der Waals surface area contributed by atoms with Crippen LogP contribution in [0.15, 0.2) is 140 Å². The molecule has 0 bridgehead atoms. The maximum absolute atomic E-state index is 5.06. The van der Waals surface area contributed by atoms with Crippen molar-refractivity contribution in [1.82, 2.24) is 14.5 Å². The van der Waals surface area contributed by atoms with Gasteiger partial charge in [-0.2, -0.15) is 0 Å². The van der Waals surface area contributed by atoms with Gasteiger partial charge in [0, 0.05) is 38.4 Å². The van der Waals surface area contributed by atoms with Crippen molar-refractivity contribution in [3.05, 3.63) is 140 Å². The molecule has 39 heavy (non-hydrogen) atoms. The fourth-order valence-corrected chi connectivity index (χ4v) is 5.78. The Labute approximate surface area is 225 Å². The Balaban J connectivity index is 1.33. The molecule has 0 unspecified atom stereocenters. The summed E-state index contributed by atoms with van der Waals surface area (Å²) >= 11 is 0. The topological polar surface area (TPSA) is 30.7 Å². The van der Waals surface area contributed by atoms with Crippen molar-refractivity contribution in [1.29, 1.82) is 0 Å². The van der Waals surface area contributed by atoms with Gasteiger partial charge >= 0.3 is 0 Å². The van der Waals surface area contributed by atoms with Gasteiger partial charge in [0.25, 0.3) is 0 Å². The Morgan fingerprint density at radius 1 is 0.436 bits per heavy atom. The smallest absolute Gasteiger partial charge is 0.160 e. The number of fused-ring (bicyclic) bond motifs is 6. The number of para-hydroxylation sites is 2. The number of rotatable bonds is 3. The number of benzene rings is 6. The molecule has 182 valence electrons. The summed E-state index contributed by atoms with van der Waals surface area (Å²) in [6.45, 7) is 0. The lowest BCUT2D eigenvalue weighted by Gasteiger charge is -2.12. The molecule has 0 saturated heterocycles. The molecule has 0 atom stereocenters. The van der Waals surface area contributed by atoms with E-state index in [1.54, 1.807) is 0 Å². The van der Waals surface area contributed by atoms with E-state index in [1.807, 2.05) is 18.2 Å². The van der Waals surface area contributed by atoms with Crippen molar-refractivity contribution in [3.8, 4) is 28.3 Å². The van der Waals surface area contributed by atoms with E-state index in [9.17, 15) is 0 Å². The van der Waals surface area contributed by atoms with Gasteiger partial charge in [-0.15, -0.1) is 0 Å². The summed E-state index contributed by atoms with van der Waals surface area (Å²) in [4.78, 5) is 10.0. The van der Waals surface area contributed by atoms with Crippen LogP contribution in [-0.4, -0.2) is 14.5 Å². The first kappa shape index (κ1) is 21.8. The molecule has 0 N–H and O–H groups in total. The van der Waals surface area contributed by atoms with Crippen LogP contribution in [0.4, 0.5) is 0 Å². The summed E-state index contributed by atoms with van der Waals surface area (Å²) in [6, 6.07) is 49.0. The van der Waals surface area contributed by atoms with E-state index >= 15 is 0 Å². The van der Waals surface area contributed by atoms with Crippen molar-refractivity contribution < 1.29 is 0 Å². The summed E-state index contributed by atoms with van der Waals surface area (Å²) in [5.74, 6) is 0.728. The standard InChI is InChI=1S/C36H23N3/c1-2-11-25(12-3-1)34-31-15-6-8-16-32(31)37-36(38-34)26-18-21-27(22-19-26)39-33-17-9-7-14-29(33)30-23-20-24-10-4-5-13-28(24)35(30)39/h1-23H. The van der Waals surface area contributed by atoms with E-state index in [2.05, 4.69) is 126 Å². The molecule has 3 heteroatoms. The Kier molecular flexibility index (Phi) is 4.82. The first-order valence-corrected chi connectivity index (χ1v) is 13.2. The highest BCUT2D eigenvalue weighted by atomic mass is 15.0. The van der Waals surface area contributed by atoms with Gasteiger partial charge in [0.1, 0.15) is 0 Å². The molecular formula is C36H23N3. The molecule has 6 aromatic carbocycles. The van der Waals surface area contributed by atoms with Gasteiger partial charge in [-0.1, -0.05) is 103 Å². The van der Waals surface area contributed by atoms with Gasteiger partial charge in [-0.25, -0.2) is 9.97 Å². The lowest BCUT2D eigenvalue weighted by Crippen LogP contribution is -1.97. The molecule has 0 saturated carbocycles. The number of hydrogen-bond donors (Lipinski definition) is 0. The Morgan fingerprint density at radius 3 is 1.97 bits per heavy atom. The van der Waals surface area contributed by atoms with Crippen LogP contribution < -0.4 is 0 Å². The zero-order valence-corrected chi connectivity index (χ0v) is 21.1. The lowest BCUT2D eigenvalue weighted by molar-refractivity contribution is 1.18. The molecule has 0 fully saturated rings. The van der Waals surface area contributed by atoms with Gasteiger partial charge in [0.15, 0.2) is 5.82 Å². The predicted octanol–water partition coefficient (Wildman–Crippen LogP) is 9.21. The number of hydrogen-bond acceptors (Lipinski definition) is 2. The molecule has 8 aromatic rings. The van der Waals surface area contributed by atoms with E-state index in [0.717, 1.165) is 39.2 Å². The van der Waals surface area contributed by atoms with Gasteiger partial charge in [0.2, 0.25) is 0 Å². The second kappa shape index (κ2) is 8.64. The highest BCUT2D eigenvalue weighted by Gasteiger charge is 2.16. The van der Waals surface area contributed by atoms with Crippen molar-refractivity contribution in [2.45, 2.75) is 0 Å². The summed E-state index contributed by atoms with van der Waals surface area (Å²) < 4.78 is 2.38. The average Bonchev–Trinajstić information content (AvgIpc) is 3.36. The summed E-state index contributed by atoms with van der Waals surface area (Å²) in [7, 11) is 0. The monoisotopic (exact) mass is 497 g/mol. The maximum atomic E-state index is 5.06. The Morgan fingerprint density at radius 2 is 1.13 bits per heavy atom. The van der Waals surface area contributed by atoms with Gasteiger partial charge in [-0.3, -0.25) is 0 Å². The van der Waals surface area contributed by atoms with Crippen molar-refractivity contribution >= 4 is 43.5 Å². The van der Waals surface area contributed by atoms with E-state index in [-0.39, 0.29) is 0 Å². The quantitative estimate of drug-likeness (QED) is 0.244. The summed E-state index contributed by atoms with van der Waals surface area (Å²) in [6.07, 6.45) is 0. The van der Waals surface area contributed by atoms with Crippen molar-refractivity contribution in [2.75, 3.05) is 0 Å².